The van der Waals surface area contributed by atoms with E-state index in [1.807, 2.05) is 78.9 Å². The highest BCUT2D eigenvalue weighted by atomic mass is 16.3. The molecule has 142 valence electrons. The number of hydrogen-bond acceptors (Lipinski definition) is 3. The molecule has 4 nitrogen and oxygen atoms in total. The smallest absolute Gasteiger partial charge is 0.273 e. The first-order chi connectivity index (χ1) is 14.1. The largest absolute Gasteiger partial charge is 0.507 e. The molecule has 0 bridgehead atoms. The third-order valence-electron chi connectivity index (χ3n) is 4.75. The molecule has 4 aromatic rings. The Morgan fingerprint density at radius 3 is 2.14 bits per heavy atom. The summed E-state index contributed by atoms with van der Waals surface area (Å²) >= 11 is 0. The quantitative estimate of drug-likeness (QED) is 0.421. The molecule has 0 aliphatic carbocycles. The van der Waals surface area contributed by atoms with Crippen LogP contribution in [0.25, 0.3) is 27.6 Å². The fourth-order valence-electron chi connectivity index (χ4n) is 3.20. The number of phenols is 1. The normalized spacial score (nSPS) is 10.5. The first-order valence-electron chi connectivity index (χ1n) is 9.25. The molecule has 0 saturated carbocycles. The van der Waals surface area contributed by atoms with Gasteiger partial charge in [-0.05, 0) is 45.7 Å². The molecular weight excluding hydrogens is 360 g/mol. The first-order valence-corrected chi connectivity index (χ1v) is 9.25. The lowest BCUT2D eigenvalue weighted by atomic mass is 10.0. The zero-order valence-corrected chi connectivity index (χ0v) is 15.7. The second-order valence-corrected chi connectivity index (χ2v) is 6.72. The van der Waals surface area contributed by atoms with Gasteiger partial charge in [-0.15, -0.1) is 0 Å². The molecule has 4 aromatic carbocycles. The standard InChI is InChI=1S/C25H20N2O2/c1-17(19-12-7-13-20(14-19)18-8-3-2-4-9-18)26-27-25(29)23-15-21-10-5-6-11-22(21)16-24(23)28/h2-16,26,28H,1H2,(H,27,29). The van der Waals surface area contributed by atoms with Crippen LogP contribution in [0.2, 0.25) is 0 Å². The Morgan fingerprint density at radius 2 is 1.38 bits per heavy atom. The third kappa shape index (κ3) is 3.96. The molecule has 3 N–H and O–H groups in total. The van der Waals surface area contributed by atoms with E-state index in [1.54, 1.807) is 12.1 Å². The van der Waals surface area contributed by atoms with Crippen molar-refractivity contribution in [1.29, 1.82) is 0 Å². The summed E-state index contributed by atoms with van der Waals surface area (Å²) in [5.74, 6) is -0.506. The van der Waals surface area contributed by atoms with Gasteiger partial charge in [-0.25, -0.2) is 0 Å². The summed E-state index contributed by atoms with van der Waals surface area (Å²) in [6.45, 7) is 4.01. The third-order valence-corrected chi connectivity index (χ3v) is 4.75. The van der Waals surface area contributed by atoms with E-state index in [4.69, 9.17) is 0 Å². The van der Waals surface area contributed by atoms with Crippen molar-refractivity contribution in [2.75, 3.05) is 0 Å². The highest BCUT2D eigenvalue weighted by molar-refractivity contribution is 6.01. The van der Waals surface area contributed by atoms with Crippen molar-refractivity contribution in [3.8, 4) is 16.9 Å². The number of benzene rings is 4. The second kappa shape index (κ2) is 7.90. The molecule has 0 aromatic heterocycles. The van der Waals surface area contributed by atoms with E-state index in [0.717, 1.165) is 27.5 Å². The molecule has 0 aliphatic rings. The van der Waals surface area contributed by atoms with Gasteiger partial charge in [0.05, 0.1) is 11.3 Å². The number of rotatable bonds is 5. The van der Waals surface area contributed by atoms with E-state index in [0.29, 0.717) is 5.70 Å². The van der Waals surface area contributed by atoms with Crippen LogP contribution in [0.1, 0.15) is 15.9 Å². The summed E-state index contributed by atoms with van der Waals surface area (Å²) in [6, 6.07) is 28.7. The van der Waals surface area contributed by atoms with Gasteiger partial charge in [-0.2, -0.15) is 0 Å². The molecule has 0 spiro atoms. The van der Waals surface area contributed by atoms with Crippen molar-refractivity contribution in [2.45, 2.75) is 0 Å². The minimum Gasteiger partial charge on any atom is -0.507 e. The van der Waals surface area contributed by atoms with Crippen LogP contribution >= 0.6 is 0 Å². The molecule has 29 heavy (non-hydrogen) atoms. The number of carbonyl (C=O) groups excluding carboxylic acids is 1. The number of amides is 1. The van der Waals surface area contributed by atoms with Crippen LogP contribution in [0.15, 0.2) is 97.6 Å². The van der Waals surface area contributed by atoms with Gasteiger partial charge in [0.1, 0.15) is 5.75 Å². The zero-order valence-electron chi connectivity index (χ0n) is 15.7. The van der Waals surface area contributed by atoms with E-state index in [1.165, 1.54) is 0 Å². The maximum atomic E-state index is 12.6. The van der Waals surface area contributed by atoms with Crippen molar-refractivity contribution in [3.63, 3.8) is 0 Å². The van der Waals surface area contributed by atoms with Gasteiger partial charge in [0.2, 0.25) is 0 Å². The van der Waals surface area contributed by atoms with E-state index in [-0.39, 0.29) is 11.3 Å². The summed E-state index contributed by atoms with van der Waals surface area (Å²) in [5.41, 5.74) is 9.23. The number of hydrazine groups is 1. The predicted molar refractivity (Wildman–Crippen MR) is 117 cm³/mol. The Hall–Kier alpha value is -4.05. The van der Waals surface area contributed by atoms with Gasteiger partial charge in [0.25, 0.3) is 5.91 Å². The fourth-order valence-corrected chi connectivity index (χ4v) is 3.20. The summed E-state index contributed by atoms with van der Waals surface area (Å²) in [5, 5.41) is 12.0. The zero-order chi connectivity index (χ0) is 20.2. The van der Waals surface area contributed by atoms with E-state index in [9.17, 15) is 9.90 Å². The number of nitrogens with one attached hydrogen (secondary N) is 2. The lowest BCUT2D eigenvalue weighted by Crippen LogP contribution is -2.35. The molecule has 0 heterocycles. The topological polar surface area (TPSA) is 61.4 Å². The molecule has 4 rings (SSSR count). The molecular formula is C25H20N2O2. The van der Waals surface area contributed by atoms with Crippen LogP contribution in [0.3, 0.4) is 0 Å². The minimum atomic E-state index is -0.436. The van der Waals surface area contributed by atoms with Crippen LogP contribution in [-0.2, 0) is 0 Å². The van der Waals surface area contributed by atoms with E-state index in [2.05, 4.69) is 17.4 Å². The van der Waals surface area contributed by atoms with Crippen LogP contribution in [0, 0.1) is 0 Å². The van der Waals surface area contributed by atoms with Crippen LogP contribution in [0.5, 0.6) is 5.75 Å². The maximum Gasteiger partial charge on any atom is 0.273 e. The lowest BCUT2D eigenvalue weighted by molar-refractivity contribution is 0.0940. The summed E-state index contributed by atoms with van der Waals surface area (Å²) in [4.78, 5) is 12.6. The van der Waals surface area contributed by atoms with Crippen molar-refractivity contribution in [3.05, 3.63) is 109 Å². The highest BCUT2D eigenvalue weighted by Crippen LogP contribution is 2.25. The molecule has 1 amide bonds. The summed E-state index contributed by atoms with van der Waals surface area (Å²) in [6.07, 6.45) is 0. The first kappa shape index (κ1) is 18.3. The van der Waals surface area contributed by atoms with E-state index < -0.39 is 5.91 Å². The van der Waals surface area contributed by atoms with Crippen molar-refractivity contribution in [1.82, 2.24) is 10.9 Å². The summed E-state index contributed by atoms with van der Waals surface area (Å²) < 4.78 is 0. The number of phenolic OH excluding ortho intramolecular Hbond substituents is 1. The number of aromatic hydroxyl groups is 1. The Kier molecular flexibility index (Phi) is 4.99. The van der Waals surface area contributed by atoms with E-state index >= 15 is 0 Å². The fraction of sp³-hybridized carbons (Fsp3) is 0. The molecule has 0 radical (unpaired) electrons. The van der Waals surface area contributed by atoms with Crippen molar-refractivity contribution < 1.29 is 9.90 Å². The summed E-state index contributed by atoms with van der Waals surface area (Å²) in [7, 11) is 0. The number of fused-ring (bicyclic) bond motifs is 1. The Labute approximate surface area is 169 Å². The second-order valence-electron chi connectivity index (χ2n) is 6.72. The Bertz CT molecular complexity index is 1200. The molecule has 0 atom stereocenters. The Morgan fingerprint density at radius 1 is 0.724 bits per heavy atom. The highest BCUT2D eigenvalue weighted by Gasteiger charge is 2.13. The van der Waals surface area contributed by atoms with Crippen molar-refractivity contribution >= 4 is 22.4 Å². The lowest BCUT2D eigenvalue weighted by Gasteiger charge is -2.13. The number of hydrogen-bond donors (Lipinski definition) is 3. The average Bonchev–Trinajstić information content (AvgIpc) is 2.77. The Balaban J connectivity index is 1.49. The molecule has 0 unspecified atom stereocenters. The van der Waals surface area contributed by atoms with Gasteiger partial charge < -0.3 is 5.11 Å². The van der Waals surface area contributed by atoms with Gasteiger partial charge >= 0.3 is 0 Å². The molecule has 0 saturated heterocycles. The van der Waals surface area contributed by atoms with Crippen molar-refractivity contribution in [2.24, 2.45) is 0 Å². The van der Waals surface area contributed by atoms with Gasteiger partial charge in [-0.3, -0.25) is 15.6 Å². The minimum absolute atomic E-state index is 0.0697. The SMILES string of the molecule is C=C(NNC(=O)c1cc2ccccc2cc1O)c1cccc(-c2ccccc2)c1. The van der Waals surface area contributed by atoms with Gasteiger partial charge in [0, 0.05) is 0 Å². The van der Waals surface area contributed by atoms with Crippen LogP contribution in [0.4, 0.5) is 0 Å². The molecule has 4 heteroatoms. The monoisotopic (exact) mass is 380 g/mol. The molecule has 0 aliphatic heterocycles. The molecule has 0 fully saturated rings. The maximum absolute atomic E-state index is 12.6. The van der Waals surface area contributed by atoms with Crippen LogP contribution in [-0.4, -0.2) is 11.0 Å². The van der Waals surface area contributed by atoms with Gasteiger partial charge in [0.15, 0.2) is 0 Å². The number of carbonyl (C=O) groups is 1. The van der Waals surface area contributed by atoms with Gasteiger partial charge in [-0.1, -0.05) is 79.4 Å². The predicted octanol–water partition coefficient (Wildman–Crippen LogP) is 5.12. The average molecular weight is 380 g/mol. The van der Waals surface area contributed by atoms with Crippen LogP contribution < -0.4 is 10.9 Å².